The van der Waals surface area contributed by atoms with Crippen LogP contribution >= 0.6 is 0 Å². The van der Waals surface area contributed by atoms with E-state index in [-0.39, 0.29) is 11.8 Å². The van der Waals surface area contributed by atoms with Gasteiger partial charge in [0.2, 0.25) is 5.91 Å². The van der Waals surface area contributed by atoms with Crippen LogP contribution in [0.25, 0.3) is 0 Å². The third-order valence-electron chi connectivity index (χ3n) is 4.75. The number of carbonyl (C=O) groups is 1. The first-order valence-corrected chi connectivity index (χ1v) is 9.99. The van der Waals surface area contributed by atoms with E-state index >= 15 is 0 Å². The second kappa shape index (κ2) is 16.3. The van der Waals surface area contributed by atoms with Crippen LogP contribution in [0, 0.1) is 5.92 Å². The number of amides is 1. The zero-order valence-corrected chi connectivity index (χ0v) is 16.2. The minimum atomic E-state index is 0.150. The van der Waals surface area contributed by atoms with Gasteiger partial charge in [0.1, 0.15) is 0 Å². The van der Waals surface area contributed by atoms with E-state index in [4.69, 9.17) is 4.84 Å². The lowest BCUT2D eigenvalue weighted by molar-refractivity contribution is -0.174. The second-order valence-electron chi connectivity index (χ2n) is 6.83. The molecule has 0 aliphatic rings. The molecule has 3 heteroatoms. The van der Waals surface area contributed by atoms with Crippen molar-refractivity contribution in [2.75, 3.05) is 14.2 Å². The molecule has 0 aliphatic carbocycles. The average molecular weight is 328 g/mol. The van der Waals surface area contributed by atoms with Gasteiger partial charge in [-0.05, 0) is 12.8 Å². The van der Waals surface area contributed by atoms with Gasteiger partial charge < -0.3 is 0 Å². The fourth-order valence-electron chi connectivity index (χ4n) is 3.08. The summed E-state index contributed by atoms with van der Waals surface area (Å²) in [6.07, 6.45) is 17.5. The summed E-state index contributed by atoms with van der Waals surface area (Å²) in [4.78, 5) is 17.5. The molecule has 3 nitrogen and oxygen atoms in total. The largest absolute Gasteiger partial charge is 0.275 e. The number of carbonyl (C=O) groups excluding carboxylic acids is 1. The van der Waals surface area contributed by atoms with E-state index in [1.807, 2.05) is 0 Å². The predicted octanol–water partition coefficient (Wildman–Crippen LogP) is 6.12. The van der Waals surface area contributed by atoms with E-state index in [2.05, 4.69) is 13.8 Å². The molecule has 0 saturated heterocycles. The first kappa shape index (κ1) is 22.4. The van der Waals surface area contributed by atoms with Crippen molar-refractivity contribution in [3.8, 4) is 0 Å². The molecule has 0 atom stereocenters. The summed E-state index contributed by atoms with van der Waals surface area (Å²) in [6, 6.07) is 0. The summed E-state index contributed by atoms with van der Waals surface area (Å²) in [5.74, 6) is 0.312. The van der Waals surface area contributed by atoms with Crippen molar-refractivity contribution in [1.82, 2.24) is 5.06 Å². The Morgan fingerprint density at radius 3 is 1.57 bits per heavy atom. The number of hydrogen-bond donors (Lipinski definition) is 0. The Kier molecular flexibility index (Phi) is 15.9. The molecule has 0 bridgehead atoms. The van der Waals surface area contributed by atoms with Gasteiger partial charge in [-0.1, -0.05) is 90.9 Å². The number of nitrogens with zero attached hydrogens (tertiary/aromatic N) is 1. The van der Waals surface area contributed by atoms with Crippen LogP contribution in [-0.4, -0.2) is 25.1 Å². The Hall–Kier alpha value is -0.570. The lowest BCUT2D eigenvalue weighted by Gasteiger charge is -2.22. The van der Waals surface area contributed by atoms with Gasteiger partial charge in [0.25, 0.3) is 0 Å². The lowest BCUT2D eigenvalue weighted by atomic mass is 9.93. The molecule has 0 rings (SSSR count). The van der Waals surface area contributed by atoms with Gasteiger partial charge in [0.05, 0.1) is 7.11 Å². The van der Waals surface area contributed by atoms with Crippen LogP contribution in [0.3, 0.4) is 0 Å². The van der Waals surface area contributed by atoms with E-state index in [9.17, 15) is 4.79 Å². The summed E-state index contributed by atoms with van der Waals surface area (Å²) in [5.41, 5.74) is 0. The van der Waals surface area contributed by atoms with Crippen molar-refractivity contribution in [3.05, 3.63) is 0 Å². The number of hydrogen-bond acceptors (Lipinski definition) is 2. The molecule has 0 unspecified atom stereocenters. The third kappa shape index (κ3) is 12.5. The van der Waals surface area contributed by atoms with Crippen molar-refractivity contribution in [1.29, 1.82) is 0 Å². The van der Waals surface area contributed by atoms with Crippen LogP contribution < -0.4 is 0 Å². The summed E-state index contributed by atoms with van der Waals surface area (Å²) in [7, 11) is 3.31. The second-order valence-corrected chi connectivity index (χ2v) is 6.83. The highest BCUT2D eigenvalue weighted by Gasteiger charge is 2.21. The van der Waals surface area contributed by atoms with Crippen molar-refractivity contribution in [3.63, 3.8) is 0 Å². The Morgan fingerprint density at radius 1 is 0.783 bits per heavy atom. The van der Waals surface area contributed by atoms with Gasteiger partial charge in [0, 0.05) is 13.0 Å². The Labute approximate surface area is 145 Å². The van der Waals surface area contributed by atoms with Crippen LogP contribution in [0.5, 0.6) is 0 Å². The van der Waals surface area contributed by atoms with Gasteiger partial charge in [-0.2, -0.15) is 0 Å². The predicted molar refractivity (Wildman–Crippen MR) is 99.3 cm³/mol. The molecular formula is C20H41NO2. The topological polar surface area (TPSA) is 29.5 Å². The Balaban J connectivity index is 4.01. The van der Waals surface area contributed by atoms with E-state index in [0.717, 1.165) is 12.8 Å². The number of hydroxylamine groups is 2. The van der Waals surface area contributed by atoms with Crippen LogP contribution in [0.1, 0.15) is 104 Å². The molecule has 0 fully saturated rings. The molecule has 23 heavy (non-hydrogen) atoms. The summed E-state index contributed by atoms with van der Waals surface area (Å²) >= 11 is 0. The monoisotopic (exact) mass is 327 g/mol. The molecule has 0 radical (unpaired) electrons. The maximum Gasteiger partial charge on any atom is 0.248 e. The van der Waals surface area contributed by atoms with Crippen LogP contribution in [0.4, 0.5) is 0 Å². The molecule has 0 spiro atoms. The fraction of sp³-hybridized carbons (Fsp3) is 0.950. The van der Waals surface area contributed by atoms with E-state index in [1.165, 1.54) is 82.1 Å². The standard InChI is InChI=1S/C20H41NO2/c1-5-7-9-11-13-15-17-19(20(22)21(3)23-4)18-16-14-12-10-8-6-2/h19H,5-18H2,1-4H3. The molecule has 0 aromatic rings. The highest BCUT2D eigenvalue weighted by atomic mass is 16.7. The minimum absolute atomic E-state index is 0.150. The van der Waals surface area contributed by atoms with Gasteiger partial charge in [-0.15, -0.1) is 0 Å². The van der Waals surface area contributed by atoms with E-state index in [0.29, 0.717) is 0 Å². The minimum Gasteiger partial charge on any atom is -0.275 e. The fourth-order valence-corrected chi connectivity index (χ4v) is 3.08. The summed E-state index contributed by atoms with van der Waals surface area (Å²) in [5, 5.41) is 1.42. The Bertz CT molecular complexity index is 252. The van der Waals surface area contributed by atoms with E-state index < -0.39 is 0 Å². The molecule has 0 aromatic heterocycles. The SMILES string of the molecule is CCCCCCCCC(CCCCCCCC)C(=O)N(C)OC. The van der Waals surface area contributed by atoms with Gasteiger partial charge in [0.15, 0.2) is 0 Å². The molecular weight excluding hydrogens is 286 g/mol. The summed E-state index contributed by atoms with van der Waals surface area (Å²) < 4.78 is 0. The van der Waals surface area contributed by atoms with Crippen LogP contribution in [0.15, 0.2) is 0 Å². The molecule has 0 aliphatic heterocycles. The quantitative estimate of drug-likeness (QED) is 0.252. The maximum atomic E-state index is 12.4. The van der Waals surface area contributed by atoms with Crippen molar-refractivity contribution >= 4 is 5.91 Å². The molecule has 1 amide bonds. The van der Waals surface area contributed by atoms with Crippen molar-refractivity contribution < 1.29 is 9.63 Å². The first-order chi connectivity index (χ1) is 11.2. The van der Waals surface area contributed by atoms with Crippen molar-refractivity contribution in [2.45, 2.75) is 104 Å². The molecule has 0 saturated carbocycles. The average Bonchev–Trinajstić information content (AvgIpc) is 2.57. The lowest BCUT2D eigenvalue weighted by Crippen LogP contribution is -2.32. The number of unbranched alkanes of at least 4 members (excludes halogenated alkanes) is 10. The molecule has 138 valence electrons. The van der Waals surface area contributed by atoms with Gasteiger partial charge >= 0.3 is 0 Å². The Morgan fingerprint density at radius 2 is 1.17 bits per heavy atom. The van der Waals surface area contributed by atoms with Crippen molar-refractivity contribution in [2.24, 2.45) is 5.92 Å². The highest BCUT2D eigenvalue weighted by molar-refractivity contribution is 5.77. The third-order valence-corrected chi connectivity index (χ3v) is 4.75. The molecule has 0 heterocycles. The van der Waals surface area contributed by atoms with Gasteiger partial charge in [-0.3, -0.25) is 9.63 Å². The van der Waals surface area contributed by atoms with E-state index in [1.54, 1.807) is 14.2 Å². The van der Waals surface area contributed by atoms with Gasteiger partial charge in [-0.25, -0.2) is 5.06 Å². The molecule has 0 N–H and O–H groups in total. The normalized spacial score (nSPS) is 11.2. The summed E-state index contributed by atoms with van der Waals surface area (Å²) in [6.45, 7) is 4.49. The zero-order valence-electron chi connectivity index (χ0n) is 16.2. The smallest absolute Gasteiger partial charge is 0.248 e. The highest BCUT2D eigenvalue weighted by Crippen LogP contribution is 2.21. The zero-order chi connectivity index (χ0) is 17.3. The number of rotatable bonds is 16. The van der Waals surface area contributed by atoms with Crippen LogP contribution in [-0.2, 0) is 9.63 Å². The first-order valence-electron chi connectivity index (χ1n) is 9.99. The maximum absolute atomic E-state index is 12.4. The van der Waals surface area contributed by atoms with Crippen LogP contribution in [0.2, 0.25) is 0 Å². The molecule has 0 aromatic carbocycles.